The van der Waals surface area contributed by atoms with E-state index in [1.807, 2.05) is 6.92 Å². The van der Waals surface area contributed by atoms with Gasteiger partial charge in [-0.2, -0.15) is 0 Å². The van der Waals surface area contributed by atoms with E-state index in [0.29, 0.717) is 26.3 Å². The standard InChI is InChI=1S/C18H16N4O6S5/c1-8-20-21-17(32-8)31-7-9-6-30-16-18(28-2,15(26)22(16)11(9)14(24)25)19-13(23)12(33-27)10-4-3-5-29-10/h3-5,16H,6-7H2,1-2H3,(H,19,23)(H,24,25)/t16-,18+/m1/s1. The first-order valence-corrected chi connectivity index (χ1v) is 13.7. The zero-order chi connectivity index (χ0) is 23.8. The molecular weight excluding hydrogens is 529 g/mol. The highest BCUT2D eigenvalue weighted by Crippen LogP contribution is 2.47. The van der Waals surface area contributed by atoms with Crippen molar-refractivity contribution in [2.45, 2.75) is 22.4 Å². The number of carbonyl (C=O) groups is 3. The summed E-state index contributed by atoms with van der Waals surface area (Å²) in [6.45, 7) is 1.83. The van der Waals surface area contributed by atoms with E-state index in [2.05, 4.69) is 15.5 Å². The van der Waals surface area contributed by atoms with Gasteiger partial charge in [0.1, 0.15) is 32.2 Å². The Hall–Kier alpha value is -2.04. The second-order valence-electron chi connectivity index (χ2n) is 6.76. The Kier molecular flexibility index (Phi) is 7.07. The highest BCUT2D eigenvalue weighted by molar-refractivity contribution is 8.01. The summed E-state index contributed by atoms with van der Waals surface area (Å²) in [6.07, 6.45) is 0. The molecule has 2 N–H and O–H groups in total. The molecule has 0 aliphatic carbocycles. The minimum Gasteiger partial charge on any atom is -0.477 e. The van der Waals surface area contributed by atoms with Crippen LogP contribution >= 0.6 is 46.2 Å². The number of rotatable bonds is 8. The maximum absolute atomic E-state index is 13.2. The molecule has 2 aliphatic heterocycles. The first-order chi connectivity index (χ1) is 15.8. The average molecular weight is 545 g/mol. The number of amides is 2. The second kappa shape index (κ2) is 9.68. The monoisotopic (exact) mass is 544 g/mol. The smallest absolute Gasteiger partial charge is 0.352 e. The fourth-order valence-electron chi connectivity index (χ4n) is 3.36. The summed E-state index contributed by atoms with van der Waals surface area (Å²) in [4.78, 5) is 39.6. The van der Waals surface area contributed by atoms with Gasteiger partial charge >= 0.3 is 5.97 Å². The minimum atomic E-state index is -1.77. The van der Waals surface area contributed by atoms with Crippen LogP contribution in [0, 0.1) is 6.92 Å². The Bertz CT molecular complexity index is 1200. The van der Waals surface area contributed by atoms with E-state index in [1.54, 1.807) is 17.5 Å². The number of thioether (sulfide) groups is 2. The number of aliphatic carboxylic acids is 1. The number of nitrogens with zero attached hydrogens (tertiary/aromatic N) is 3. The Morgan fingerprint density at radius 3 is 2.79 bits per heavy atom. The summed E-state index contributed by atoms with van der Waals surface area (Å²) < 4.78 is 17.7. The summed E-state index contributed by atoms with van der Waals surface area (Å²) in [5.41, 5.74) is -1.33. The molecule has 0 bridgehead atoms. The highest BCUT2D eigenvalue weighted by atomic mass is 32.2. The third-order valence-electron chi connectivity index (χ3n) is 4.85. The van der Waals surface area contributed by atoms with E-state index in [1.165, 1.54) is 53.3 Å². The molecule has 4 heterocycles. The number of methoxy groups -OCH3 is 1. The molecule has 0 radical (unpaired) electrons. The SMILES string of the molecule is CO[C@@]1(NC(=O)C(=S=O)c2cccs2)C(=O)N2C(C(=O)O)=C(CSc3nnc(C)s3)CS[C@@H]21. The molecule has 2 aromatic rings. The molecule has 33 heavy (non-hydrogen) atoms. The maximum atomic E-state index is 13.2. The number of hydrogen-bond donors (Lipinski definition) is 2. The lowest BCUT2D eigenvalue weighted by Gasteiger charge is -2.55. The average Bonchev–Trinajstić information content (AvgIpc) is 3.47. The topological polar surface area (TPSA) is 139 Å². The number of aryl methyl sites for hydroxylation is 1. The molecule has 1 fully saturated rings. The number of thiophene rings is 1. The van der Waals surface area contributed by atoms with Gasteiger partial charge < -0.3 is 15.2 Å². The summed E-state index contributed by atoms with van der Waals surface area (Å²) >= 11 is 5.28. The quantitative estimate of drug-likeness (QED) is 0.164. The summed E-state index contributed by atoms with van der Waals surface area (Å²) in [7, 11) is 1.26. The summed E-state index contributed by atoms with van der Waals surface area (Å²) in [5.74, 6) is -2.05. The van der Waals surface area contributed by atoms with E-state index in [4.69, 9.17) is 4.74 Å². The molecule has 10 nitrogen and oxygen atoms in total. The largest absolute Gasteiger partial charge is 0.477 e. The summed E-state index contributed by atoms with van der Waals surface area (Å²) in [5, 5.41) is 22.1. The van der Waals surface area contributed by atoms with Crippen LogP contribution in [0.5, 0.6) is 0 Å². The molecule has 0 unspecified atom stereocenters. The predicted molar refractivity (Wildman–Crippen MR) is 128 cm³/mol. The number of ether oxygens (including phenoxy) is 1. The van der Waals surface area contributed by atoms with Gasteiger partial charge in [-0.3, -0.25) is 14.5 Å². The van der Waals surface area contributed by atoms with Gasteiger partial charge in [0.05, 0.1) is 4.88 Å². The van der Waals surface area contributed by atoms with Crippen LogP contribution in [0.2, 0.25) is 0 Å². The zero-order valence-electron chi connectivity index (χ0n) is 17.1. The second-order valence-corrected chi connectivity index (χ2v) is 11.8. The van der Waals surface area contributed by atoms with Crippen molar-refractivity contribution in [3.8, 4) is 0 Å². The van der Waals surface area contributed by atoms with Gasteiger partial charge in [-0.1, -0.05) is 29.2 Å². The van der Waals surface area contributed by atoms with Crippen LogP contribution in [-0.2, 0) is 30.4 Å². The first kappa shape index (κ1) is 24.1. The van der Waals surface area contributed by atoms with Crippen LogP contribution in [0.4, 0.5) is 0 Å². The number of nitrogens with one attached hydrogen (secondary N) is 1. The Labute approximate surface area is 207 Å². The molecule has 0 aromatic carbocycles. The van der Waals surface area contributed by atoms with Crippen molar-refractivity contribution >= 4 is 80.1 Å². The van der Waals surface area contributed by atoms with Crippen LogP contribution in [0.1, 0.15) is 9.88 Å². The number of β-lactam (4-membered cyclic amide) rings is 1. The lowest BCUT2D eigenvalue weighted by atomic mass is 9.98. The van der Waals surface area contributed by atoms with Gasteiger partial charge in [0.15, 0.2) is 4.34 Å². The molecule has 4 rings (SSSR count). The van der Waals surface area contributed by atoms with Crippen LogP contribution in [-0.4, -0.2) is 76.8 Å². The van der Waals surface area contributed by atoms with E-state index in [-0.39, 0.29) is 21.8 Å². The zero-order valence-corrected chi connectivity index (χ0v) is 21.2. The van der Waals surface area contributed by atoms with Gasteiger partial charge in [0.2, 0.25) is 0 Å². The Morgan fingerprint density at radius 2 is 2.21 bits per heavy atom. The third kappa shape index (κ3) is 4.28. The number of aromatic nitrogens is 2. The van der Waals surface area contributed by atoms with Crippen molar-refractivity contribution in [1.29, 1.82) is 0 Å². The molecule has 0 spiro atoms. The third-order valence-corrected chi connectivity index (χ3v) is 9.87. The molecule has 174 valence electrons. The van der Waals surface area contributed by atoms with Crippen LogP contribution in [0.15, 0.2) is 33.1 Å². The van der Waals surface area contributed by atoms with Crippen molar-refractivity contribution in [3.63, 3.8) is 0 Å². The number of carboxylic acid groups (broad SMARTS) is 1. The number of fused-ring (bicyclic) bond motifs is 1. The lowest BCUT2D eigenvalue weighted by molar-refractivity contribution is -0.191. The van der Waals surface area contributed by atoms with Crippen molar-refractivity contribution in [1.82, 2.24) is 20.4 Å². The van der Waals surface area contributed by atoms with E-state index < -0.39 is 28.9 Å². The Balaban J connectivity index is 1.57. The Morgan fingerprint density at radius 1 is 1.42 bits per heavy atom. The molecule has 15 heteroatoms. The van der Waals surface area contributed by atoms with Gasteiger partial charge in [0, 0.05) is 18.6 Å². The normalized spacial score (nSPS) is 21.9. The predicted octanol–water partition coefficient (Wildman–Crippen LogP) is 1.15. The lowest BCUT2D eigenvalue weighted by Crippen LogP contribution is -2.81. The van der Waals surface area contributed by atoms with Gasteiger partial charge in [0.25, 0.3) is 17.5 Å². The van der Waals surface area contributed by atoms with Crippen molar-refractivity contribution in [2.24, 2.45) is 0 Å². The van der Waals surface area contributed by atoms with Crippen LogP contribution in [0.3, 0.4) is 0 Å². The highest BCUT2D eigenvalue weighted by Gasteiger charge is 2.66. The fourth-order valence-corrected chi connectivity index (χ4v) is 7.94. The van der Waals surface area contributed by atoms with Gasteiger partial charge in [-0.15, -0.1) is 33.3 Å². The van der Waals surface area contributed by atoms with E-state index >= 15 is 0 Å². The minimum absolute atomic E-state index is 0.0257. The summed E-state index contributed by atoms with van der Waals surface area (Å²) in [6, 6.07) is 3.33. The molecule has 0 saturated carbocycles. The maximum Gasteiger partial charge on any atom is 0.352 e. The molecule has 2 aromatic heterocycles. The van der Waals surface area contributed by atoms with Gasteiger partial charge in [-0.25, -0.2) is 9.00 Å². The fraction of sp³-hybridized carbons (Fsp3) is 0.333. The molecule has 2 aliphatic rings. The van der Waals surface area contributed by atoms with Crippen LogP contribution < -0.4 is 5.32 Å². The van der Waals surface area contributed by atoms with Crippen molar-refractivity contribution in [2.75, 3.05) is 18.6 Å². The molecular formula is C18H16N4O6S5. The van der Waals surface area contributed by atoms with Crippen LogP contribution in [0.25, 0.3) is 0 Å². The first-order valence-electron chi connectivity index (χ1n) is 9.24. The van der Waals surface area contributed by atoms with E-state index in [9.17, 15) is 23.7 Å². The van der Waals surface area contributed by atoms with Gasteiger partial charge in [-0.05, 0) is 23.9 Å². The number of carbonyl (C=O) groups excluding carboxylic acids is 2. The van der Waals surface area contributed by atoms with E-state index in [0.717, 1.165) is 9.91 Å². The molecule has 2 amide bonds. The number of carboxylic acids is 1. The van der Waals surface area contributed by atoms with Crippen molar-refractivity contribution in [3.05, 3.63) is 38.7 Å². The number of hydrogen-bond acceptors (Lipinski definition) is 11. The van der Waals surface area contributed by atoms with Crippen molar-refractivity contribution < 1.29 is 28.4 Å². The molecule has 2 atom stereocenters. The molecule has 1 saturated heterocycles.